The zero-order valence-electron chi connectivity index (χ0n) is 17.2. The average Bonchev–Trinajstić information content (AvgIpc) is 3.11. The molecule has 152 valence electrons. The molecular formula is C21H30N4O3. The maximum atomic E-state index is 12.0. The van der Waals surface area contributed by atoms with Gasteiger partial charge in [0.05, 0.1) is 13.1 Å². The Kier molecular flexibility index (Phi) is 7.23. The van der Waals surface area contributed by atoms with Crippen molar-refractivity contribution in [2.45, 2.75) is 32.9 Å². The lowest BCUT2D eigenvalue weighted by Gasteiger charge is -2.22. The van der Waals surface area contributed by atoms with Gasteiger partial charge in [0.2, 0.25) is 0 Å². The van der Waals surface area contributed by atoms with Crippen molar-refractivity contribution >= 4 is 11.9 Å². The van der Waals surface area contributed by atoms with Crippen LogP contribution in [0.25, 0.3) is 0 Å². The van der Waals surface area contributed by atoms with Gasteiger partial charge in [0.25, 0.3) is 5.91 Å². The molecule has 1 aromatic heterocycles. The van der Waals surface area contributed by atoms with E-state index in [1.54, 1.807) is 44.1 Å². The van der Waals surface area contributed by atoms with E-state index < -0.39 is 5.60 Å². The first kappa shape index (κ1) is 21.5. The third-order valence-corrected chi connectivity index (χ3v) is 4.24. The summed E-state index contributed by atoms with van der Waals surface area (Å²) in [4.78, 5) is 18.1. The van der Waals surface area contributed by atoms with Gasteiger partial charge in [-0.2, -0.15) is 0 Å². The molecule has 0 aliphatic heterocycles. The van der Waals surface area contributed by atoms with E-state index in [4.69, 9.17) is 4.42 Å². The Morgan fingerprint density at radius 1 is 1.18 bits per heavy atom. The van der Waals surface area contributed by atoms with Crippen LogP contribution in [0.4, 0.5) is 0 Å². The summed E-state index contributed by atoms with van der Waals surface area (Å²) >= 11 is 0. The third kappa shape index (κ3) is 5.85. The number of nitrogens with zero attached hydrogens (tertiary/aromatic N) is 2. The van der Waals surface area contributed by atoms with E-state index in [1.165, 1.54) is 0 Å². The molecule has 1 heterocycles. The number of amides is 1. The molecule has 28 heavy (non-hydrogen) atoms. The van der Waals surface area contributed by atoms with Crippen molar-refractivity contribution in [1.29, 1.82) is 0 Å². The molecule has 3 N–H and O–H groups in total. The number of guanidine groups is 1. The monoisotopic (exact) mass is 386 g/mol. The number of nitrogens with one attached hydrogen (secondary N) is 2. The molecule has 2 aromatic rings. The van der Waals surface area contributed by atoms with Crippen LogP contribution in [-0.4, -0.2) is 49.1 Å². The standard InChI is InChI=1S/C21H30N4O3/c1-6-22-20(24-14-21(3,27)18-12-7-15(2)28-18)23-13-16-8-10-17(11-9-16)19(26)25(4)5/h7-12,27H,6,13-14H2,1-5H3,(H2,22,23,24). The van der Waals surface area contributed by atoms with E-state index >= 15 is 0 Å². The highest BCUT2D eigenvalue weighted by Crippen LogP contribution is 2.21. The number of aliphatic hydroxyl groups is 1. The third-order valence-electron chi connectivity index (χ3n) is 4.24. The van der Waals surface area contributed by atoms with Gasteiger partial charge in [0, 0.05) is 26.2 Å². The van der Waals surface area contributed by atoms with E-state index in [9.17, 15) is 9.90 Å². The summed E-state index contributed by atoms with van der Waals surface area (Å²) < 4.78 is 5.54. The van der Waals surface area contributed by atoms with Crippen LogP contribution in [0.1, 0.15) is 41.3 Å². The first-order chi connectivity index (χ1) is 13.2. The normalized spacial score (nSPS) is 13.7. The van der Waals surface area contributed by atoms with Crippen molar-refractivity contribution in [2.75, 3.05) is 27.2 Å². The number of hydrogen-bond acceptors (Lipinski definition) is 4. The maximum Gasteiger partial charge on any atom is 0.253 e. The van der Waals surface area contributed by atoms with E-state index in [1.807, 2.05) is 32.0 Å². The molecule has 0 aliphatic carbocycles. The van der Waals surface area contributed by atoms with Crippen LogP contribution in [0.2, 0.25) is 0 Å². The van der Waals surface area contributed by atoms with Gasteiger partial charge in [-0.05, 0) is 50.6 Å². The minimum atomic E-state index is -1.15. The van der Waals surface area contributed by atoms with Crippen molar-refractivity contribution in [1.82, 2.24) is 15.5 Å². The fourth-order valence-corrected chi connectivity index (χ4v) is 2.59. The Hall–Kier alpha value is -2.80. The largest absolute Gasteiger partial charge is 0.463 e. The second-order valence-corrected chi connectivity index (χ2v) is 7.13. The maximum absolute atomic E-state index is 12.0. The molecule has 0 fully saturated rings. The summed E-state index contributed by atoms with van der Waals surface area (Å²) in [6, 6.07) is 11.0. The van der Waals surface area contributed by atoms with E-state index in [2.05, 4.69) is 15.6 Å². The summed E-state index contributed by atoms with van der Waals surface area (Å²) in [5.74, 6) is 1.83. The van der Waals surface area contributed by atoms with Gasteiger partial charge >= 0.3 is 0 Å². The van der Waals surface area contributed by atoms with Crippen molar-refractivity contribution in [3.05, 3.63) is 59.0 Å². The molecule has 0 spiro atoms. The molecular weight excluding hydrogens is 356 g/mol. The van der Waals surface area contributed by atoms with Crippen molar-refractivity contribution < 1.29 is 14.3 Å². The van der Waals surface area contributed by atoms with E-state index in [0.717, 1.165) is 11.3 Å². The van der Waals surface area contributed by atoms with Gasteiger partial charge in [-0.25, -0.2) is 4.99 Å². The molecule has 0 aliphatic rings. The highest BCUT2D eigenvalue weighted by molar-refractivity contribution is 5.93. The minimum Gasteiger partial charge on any atom is -0.463 e. The SMILES string of the molecule is CCNC(=NCc1ccc(C(=O)N(C)C)cc1)NCC(C)(O)c1ccc(C)o1. The highest BCUT2D eigenvalue weighted by atomic mass is 16.4. The van der Waals surface area contributed by atoms with Crippen LogP contribution < -0.4 is 10.6 Å². The molecule has 1 amide bonds. The Morgan fingerprint density at radius 3 is 2.39 bits per heavy atom. The van der Waals surface area contributed by atoms with E-state index in [0.29, 0.717) is 30.4 Å². The highest BCUT2D eigenvalue weighted by Gasteiger charge is 2.27. The zero-order valence-corrected chi connectivity index (χ0v) is 17.2. The number of aryl methyl sites for hydroxylation is 1. The summed E-state index contributed by atoms with van der Waals surface area (Å²) in [5, 5.41) is 17.0. The first-order valence-corrected chi connectivity index (χ1v) is 9.35. The molecule has 1 aromatic carbocycles. The van der Waals surface area contributed by atoms with Gasteiger partial charge in [0.1, 0.15) is 17.1 Å². The predicted octanol–water partition coefficient (Wildman–Crippen LogP) is 2.25. The van der Waals surface area contributed by atoms with Gasteiger partial charge in [0.15, 0.2) is 5.96 Å². The molecule has 7 nitrogen and oxygen atoms in total. The Balaban J connectivity index is 2.01. The predicted molar refractivity (Wildman–Crippen MR) is 110 cm³/mol. The van der Waals surface area contributed by atoms with Crippen LogP contribution in [0.15, 0.2) is 45.8 Å². The van der Waals surface area contributed by atoms with Gasteiger partial charge in [-0.15, -0.1) is 0 Å². The molecule has 0 saturated carbocycles. The summed E-state index contributed by atoms with van der Waals surface area (Å²) in [6.07, 6.45) is 0. The number of hydrogen-bond donors (Lipinski definition) is 3. The van der Waals surface area contributed by atoms with Crippen molar-refractivity contribution in [3.8, 4) is 0 Å². The zero-order chi connectivity index (χ0) is 20.7. The second kappa shape index (κ2) is 9.41. The van der Waals surface area contributed by atoms with Crippen LogP contribution in [0.5, 0.6) is 0 Å². The lowest BCUT2D eigenvalue weighted by Crippen LogP contribution is -2.44. The molecule has 7 heteroatoms. The summed E-state index contributed by atoms with van der Waals surface area (Å²) in [6.45, 7) is 6.92. The lowest BCUT2D eigenvalue weighted by atomic mass is 10.0. The quantitative estimate of drug-likeness (QED) is 0.502. The number of carbonyl (C=O) groups is 1. The number of carbonyl (C=O) groups excluding carboxylic acids is 1. The van der Waals surface area contributed by atoms with Crippen LogP contribution >= 0.6 is 0 Å². The average molecular weight is 386 g/mol. The number of benzene rings is 1. The molecule has 1 atom stereocenters. The topological polar surface area (TPSA) is 90.1 Å². The molecule has 2 rings (SSSR count). The van der Waals surface area contributed by atoms with E-state index in [-0.39, 0.29) is 12.5 Å². The van der Waals surface area contributed by atoms with Crippen molar-refractivity contribution in [2.24, 2.45) is 4.99 Å². The van der Waals surface area contributed by atoms with Crippen molar-refractivity contribution in [3.63, 3.8) is 0 Å². The van der Waals surface area contributed by atoms with Gasteiger partial charge < -0.3 is 25.1 Å². The molecule has 1 unspecified atom stereocenters. The first-order valence-electron chi connectivity index (χ1n) is 9.35. The Labute approximate surface area is 166 Å². The molecule has 0 radical (unpaired) electrons. The number of aliphatic imine (C=N–C) groups is 1. The smallest absolute Gasteiger partial charge is 0.253 e. The molecule has 0 bridgehead atoms. The summed E-state index contributed by atoms with van der Waals surface area (Å²) in [5.41, 5.74) is 0.479. The molecule has 0 saturated heterocycles. The number of furan rings is 1. The lowest BCUT2D eigenvalue weighted by molar-refractivity contribution is 0.0378. The minimum absolute atomic E-state index is 0.0274. The number of rotatable bonds is 7. The second-order valence-electron chi connectivity index (χ2n) is 7.13. The van der Waals surface area contributed by atoms with Gasteiger partial charge in [-0.3, -0.25) is 4.79 Å². The summed E-state index contributed by atoms with van der Waals surface area (Å²) in [7, 11) is 3.46. The fraction of sp³-hybridized carbons (Fsp3) is 0.429. The van der Waals surface area contributed by atoms with Crippen LogP contribution in [0.3, 0.4) is 0 Å². The van der Waals surface area contributed by atoms with Crippen LogP contribution in [-0.2, 0) is 12.1 Å². The Morgan fingerprint density at radius 2 is 1.86 bits per heavy atom. The van der Waals surface area contributed by atoms with Crippen LogP contribution in [0, 0.1) is 6.92 Å². The van der Waals surface area contributed by atoms with Gasteiger partial charge in [-0.1, -0.05) is 12.1 Å². The Bertz CT molecular complexity index is 807. The fourth-order valence-electron chi connectivity index (χ4n) is 2.59.